The van der Waals surface area contributed by atoms with E-state index in [9.17, 15) is 18.0 Å². The number of anilines is 1. The Morgan fingerprint density at radius 1 is 1.25 bits per heavy atom. The second kappa shape index (κ2) is 7.88. The number of nitrogens with zero attached hydrogens (tertiary/aromatic N) is 1. The van der Waals surface area contributed by atoms with Crippen LogP contribution in [-0.2, 0) is 6.42 Å². The van der Waals surface area contributed by atoms with Crippen molar-refractivity contribution in [2.75, 3.05) is 19.4 Å². The van der Waals surface area contributed by atoms with Gasteiger partial charge >= 0.3 is 12.2 Å². The van der Waals surface area contributed by atoms with Gasteiger partial charge in [-0.25, -0.2) is 4.79 Å². The molecule has 0 spiro atoms. The zero-order valence-electron chi connectivity index (χ0n) is 14.0. The lowest BCUT2D eigenvalue weighted by molar-refractivity contribution is -0.127. The average Bonchev–Trinajstić information content (AvgIpc) is 2.48. The summed E-state index contributed by atoms with van der Waals surface area (Å²) in [6.07, 6.45) is -1.50. The van der Waals surface area contributed by atoms with Gasteiger partial charge in [0.25, 0.3) is 0 Å². The molecule has 7 heteroatoms. The molecule has 0 heterocycles. The van der Waals surface area contributed by atoms with E-state index in [0.29, 0.717) is 6.04 Å². The number of amides is 2. The maximum absolute atomic E-state index is 12.6. The van der Waals surface area contributed by atoms with Crippen LogP contribution in [0.25, 0.3) is 0 Å². The van der Waals surface area contributed by atoms with Gasteiger partial charge in [-0.2, -0.15) is 13.2 Å². The molecule has 134 valence electrons. The molecule has 2 atom stereocenters. The summed E-state index contributed by atoms with van der Waals surface area (Å²) in [5, 5.41) is 5.45. The van der Waals surface area contributed by atoms with Gasteiger partial charge in [-0.05, 0) is 51.4 Å². The first-order valence-electron chi connectivity index (χ1n) is 8.13. The first-order chi connectivity index (χ1) is 11.2. The maximum atomic E-state index is 12.6. The summed E-state index contributed by atoms with van der Waals surface area (Å²) in [7, 11) is 4.03. The Kier molecular flexibility index (Phi) is 6.10. The first kappa shape index (κ1) is 18.6. The van der Waals surface area contributed by atoms with Gasteiger partial charge in [0.15, 0.2) is 0 Å². The lowest BCUT2D eigenvalue weighted by Gasteiger charge is -2.33. The Morgan fingerprint density at radius 3 is 2.62 bits per heavy atom. The zero-order valence-corrected chi connectivity index (χ0v) is 14.0. The molecule has 1 aliphatic rings. The molecule has 1 fully saturated rings. The Morgan fingerprint density at radius 2 is 1.96 bits per heavy atom. The van der Waals surface area contributed by atoms with Crippen molar-refractivity contribution in [1.82, 2.24) is 10.2 Å². The minimum atomic E-state index is -4.31. The van der Waals surface area contributed by atoms with E-state index in [1.807, 2.05) is 14.1 Å². The molecular formula is C17H24F3N3O. The number of halogens is 3. The van der Waals surface area contributed by atoms with Gasteiger partial charge < -0.3 is 15.5 Å². The Hall–Kier alpha value is -1.76. The van der Waals surface area contributed by atoms with E-state index in [-0.39, 0.29) is 17.3 Å². The topological polar surface area (TPSA) is 44.4 Å². The third-order valence-corrected chi connectivity index (χ3v) is 4.37. The van der Waals surface area contributed by atoms with Crippen LogP contribution in [0.4, 0.5) is 23.7 Å². The van der Waals surface area contributed by atoms with Gasteiger partial charge in [0.2, 0.25) is 0 Å². The number of carbonyl (C=O) groups excluding carboxylic acids is 1. The summed E-state index contributed by atoms with van der Waals surface area (Å²) in [6, 6.07) is 6.03. The lowest BCUT2D eigenvalue weighted by Crippen LogP contribution is -2.45. The number of alkyl halides is 3. The number of benzene rings is 1. The van der Waals surface area contributed by atoms with Crippen molar-refractivity contribution in [1.29, 1.82) is 0 Å². The second-order valence-corrected chi connectivity index (χ2v) is 6.53. The molecule has 24 heavy (non-hydrogen) atoms. The number of para-hydroxylation sites is 1. The molecular weight excluding hydrogens is 319 g/mol. The van der Waals surface area contributed by atoms with E-state index in [2.05, 4.69) is 15.5 Å². The maximum Gasteiger partial charge on any atom is 0.393 e. The molecule has 4 nitrogen and oxygen atoms in total. The highest BCUT2D eigenvalue weighted by molar-refractivity contribution is 5.90. The molecule has 0 bridgehead atoms. The third-order valence-electron chi connectivity index (χ3n) is 4.37. The predicted molar refractivity (Wildman–Crippen MR) is 88.1 cm³/mol. The van der Waals surface area contributed by atoms with Crippen molar-refractivity contribution in [3.63, 3.8) is 0 Å². The predicted octanol–water partition coefficient (Wildman–Crippen LogP) is 3.79. The SMILES string of the molecule is CN(C)[C@@H]1CCC[C@@H](NC(=O)Nc2ccccc2CC(F)(F)F)C1. The minimum Gasteiger partial charge on any atom is -0.335 e. The van der Waals surface area contributed by atoms with Gasteiger partial charge in [-0.3, -0.25) is 0 Å². The number of nitrogens with one attached hydrogen (secondary N) is 2. The van der Waals surface area contributed by atoms with E-state index >= 15 is 0 Å². The quantitative estimate of drug-likeness (QED) is 0.874. The van der Waals surface area contributed by atoms with Crippen LogP contribution in [0.5, 0.6) is 0 Å². The van der Waals surface area contributed by atoms with Crippen LogP contribution in [0.3, 0.4) is 0 Å². The number of urea groups is 1. The second-order valence-electron chi connectivity index (χ2n) is 6.53. The largest absolute Gasteiger partial charge is 0.393 e. The fraction of sp³-hybridized carbons (Fsp3) is 0.588. The van der Waals surface area contributed by atoms with Crippen LogP contribution >= 0.6 is 0 Å². The highest BCUT2D eigenvalue weighted by Gasteiger charge is 2.29. The number of hydrogen-bond acceptors (Lipinski definition) is 2. The van der Waals surface area contributed by atoms with E-state index in [1.54, 1.807) is 6.07 Å². The highest BCUT2D eigenvalue weighted by atomic mass is 19.4. The molecule has 0 aromatic heterocycles. The summed E-state index contributed by atoms with van der Waals surface area (Å²) >= 11 is 0. The lowest BCUT2D eigenvalue weighted by atomic mass is 9.90. The standard InChI is InChI=1S/C17H24F3N3O/c1-23(2)14-8-5-7-13(10-14)21-16(24)22-15-9-4-3-6-12(15)11-17(18,19)20/h3-4,6,9,13-14H,5,7-8,10-11H2,1-2H3,(H2,21,22,24)/t13-,14-/m1/s1. The zero-order chi connectivity index (χ0) is 17.7. The molecule has 1 aliphatic carbocycles. The summed E-state index contributed by atoms with van der Waals surface area (Å²) in [5.41, 5.74) is 0.266. The van der Waals surface area contributed by atoms with Crippen LogP contribution in [0, 0.1) is 0 Å². The van der Waals surface area contributed by atoms with E-state index in [4.69, 9.17) is 0 Å². The van der Waals surface area contributed by atoms with Crippen LogP contribution in [0.1, 0.15) is 31.2 Å². The van der Waals surface area contributed by atoms with Crippen molar-refractivity contribution in [2.45, 2.75) is 50.4 Å². The van der Waals surface area contributed by atoms with Crippen molar-refractivity contribution in [3.05, 3.63) is 29.8 Å². The molecule has 1 saturated carbocycles. The fourth-order valence-electron chi connectivity index (χ4n) is 3.12. The van der Waals surface area contributed by atoms with Gasteiger partial charge in [0, 0.05) is 17.8 Å². The van der Waals surface area contributed by atoms with Crippen molar-refractivity contribution < 1.29 is 18.0 Å². The van der Waals surface area contributed by atoms with E-state index in [0.717, 1.165) is 25.7 Å². The fourth-order valence-corrected chi connectivity index (χ4v) is 3.12. The smallest absolute Gasteiger partial charge is 0.335 e. The van der Waals surface area contributed by atoms with Crippen molar-refractivity contribution >= 4 is 11.7 Å². The highest BCUT2D eigenvalue weighted by Crippen LogP contribution is 2.26. The minimum absolute atomic E-state index is 0.0425. The van der Waals surface area contributed by atoms with Gasteiger partial charge in [-0.1, -0.05) is 18.2 Å². The van der Waals surface area contributed by atoms with E-state index < -0.39 is 18.6 Å². The first-order valence-corrected chi connectivity index (χ1v) is 8.13. The molecule has 0 radical (unpaired) electrons. The molecule has 0 saturated heterocycles. The Balaban J connectivity index is 1.95. The summed E-state index contributed by atoms with van der Waals surface area (Å²) in [6.45, 7) is 0. The third kappa shape index (κ3) is 5.70. The average molecular weight is 343 g/mol. The molecule has 1 aromatic rings. The Labute approximate surface area is 140 Å². The van der Waals surface area contributed by atoms with Gasteiger partial charge in [0.1, 0.15) is 0 Å². The molecule has 1 aromatic carbocycles. The molecule has 2 amide bonds. The van der Waals surface area contributed by atoms with Crippen LogP contribution in [0.2, 0.25) is 0 Å². The molecule has 0 aliphatic heterocycles. The summed E-state index contributed by atoms with van der Waals surface area (Å²) < 4.78 is 37.9. The van der Waals surface area contributed by atoms with Crippen LogP contribution < -0.4 is 10.6 Å². The normalized spacial score (nSPS) is 21.6. The van der Waals surface area contributed by atoms with Gasteiger partial charge in [0.05, 0.1) is 6.42 Å². The molecule has 2 rings (SSSR count). The number of rotatable bonds is 4. The number of hydrogen-bond donors (Lipinski definition) is 2. The van der Waals surface area contributed by atoms with Crippen LogP contribution in [0.15, 0.2) is 24.3 Å². The monoisotopic (exact) mass is 343 g/mol. The molecule has 2 N–H and O–H groups in total. The van der Waals surface area contributed by atoms with Crippen molar-refractivity contribution in [3.8, 4) is 0 Å². The molecule has 0 unspecified atom stereocenters. The van der Waals surface area contributed by atoms with Crippen LogP contribution in [-0.4, -0.2) is 43.3 Å². The van der Waals surface area contributed by atoms with Gasteiger partial charge in [-0.15, -0.1) is 0 Å². The Bertz CT molecular complexity index is 560. The summed E-state index contributed by atoms with van der Waals surface area (Å²) in [5.74, 6) is 0. The van der Waals surface area contributed by atoms with E-state index in [1.165, 1.54) is 18.2 Å². The number of carbonyl (C=O) groups is 1. The summed E-state index contributed by atoms with van der Waals surface area (Å²) in [4.78, 5) is 14.3. The van der Waals surface area contributed by atoms with Crippen molar-refractivity contribution in [2.24, 2.45) is 0 Å².